The van der Waals surface area contributed by atoms with E-state index in [1.54, 1.807) is 19.9 Å². The van der Waals surface area contributed by atoms with Crippen LogP contribution in [0.25, 0.3) is 0 Å². The van der Waals surface area contributed by atoms with Crippen LogP contribution < -0.4 is 0 Å². The SMILES string of the molecule is CCOC(=O)c1c(C)ccn1C(=O)c1ccc(C(F)F)nc1. The molecule has 0 saturated carbocycles. The number of nitrogens with zero attached hydrogens (tertiary/aromatic N) is 2. The van der Waals surface area contributed by atoms with Crippen LogP contribution in [0.5, 0.6) is 0 Å². The van der Waals surface area contributed by atoms with Crippen molar-refractivity contribution in [2.45, 2.75) is 20.3 Å². The van der Waals surface area contributed by atoms with Gasteiger partial charge in [-0.1, -0.05) is 0 Å². The van der Waals surface area contributed by atoms with Gasteiger partial charge in [0.05, 0.1) is 12.2 Å². The minimum absolute atomic E-state index is 0.102. The van der Waals surface area contributed by atoms with Crippen molar-refractivity contribution in [3.8, 4) is 0 Å². The molecule has 0 aromatic carbocycles. The van der Waals surface area contributed by atoms with E-state index in [-0.39, 0.29) is 17.9 Å². The summed E-state index contributed by atoms with van der Waals surface area (Å²) in [6.45, 7) is 3.52. The van der Waals surface area contributed by atoms with Crippen LogP contribution in [-0.4, -0.2) is 28.0 Å². The number of hydrogen-bond donors (Lipinski definition) is 0. The molecule has 0 N–H and O–H groups in total. The summed E-state index contributed by atoms with van der Waals surface area (Å²) in [4.78, 5) is 27.9. The van der Waals surface area contributed by atoms with E-state index in [0.29, 0.717) is 5.56 Å². The van der Waals surface area contributed by atoms with Gasteiger partial charge < -0.3 is 4.74 Å². The van der Waals surface area contributed by atoms with Crippen molar-refractivity contribution in [2.24, 2.45) is 0 Å². The summed E-state index contributed by atoms with van der Waals surface area (Å²) in [6.07, 6.45) is -0.202. The second-order valence-electron chi connectivity index (χ2n) is 4.52. The van der Waals surface area contributed by atoms with Gasteiger partial charge in [-0.3, -0.25) is 14.3 Å². The van der Waals surface area contributed by atoms with Gasteiger partial charge in [0.15, 0.2) is 0 Å². The van der Waals surface area contributed by atoms with Gasteiger partial charge in [-0.2, -0.15) is 0 Å². The summed E-state index contributed by atoms with van der Waals surface area (Å²) in [7, 11) is 0. The highest BCUT2D eigenvalue weighted by atomic mass is 19.3. The molecule has 0 saturated heterocycles. The van der Waals surface area contributed by atoms with Gasteiger partial charge in [-0.05, 0) is 37.6 Å². The summed E-state index contributed by atoms with van der Waals surface area (Å²) in [5.41, 5.74) is 0.394. The van der Waals surface area contributed by atoms with Crippen LogP contribution in [0.4, 0.5) is 8.78 Å². The maximum Gasteiger partial charge on any atom is 0.355 e. The number of aryl methyl sites for hydroxylation is 1. The minimum atomic E-state index is -2.70. The highest BCUT2D eigenvalue weighted by molar-refractivity contribution is 6.01. The topological polar surface area (TPSA) is 61.2 Å². The standard InChI is InChI=1S/C15H14F2N2O3/c1-3-22-15(21)12-9(2)6-7-19(12)14(20)10-4-5-11(13(16)17)18-8-10/h4-8,13H,3H2,1-2H3. The van der Waals surface area contributed by atoms with Crippen molar-refractivity contribution >= 4 is 11.9 Å². The zero-order valence-corrected chi connectivity index (χ0v) is 12.0. The summed E-state index contributed by atoms with van der Waals surface area (Å²) < 4.78 is 31.0. The van der Waals surface area contributed by atoms with Crippen molar-refractivity contribution in [3.05, 3.63) is 53.1 Å². The van der Waals surface area contributed by atoms with E-state index in [0.717, 1.165) is 16.8 Å². The Morgan fingerprint density at radius 1 is 1.32 bits per heavy atom. The van der Waals surface area contributed by atoms with Crippen molar-refractivity contribution < 1.29 is 23.1 Å². The van der Waals surface area contributed by atoms with Gasteiger partial charge in [-0.15, -0.1) is 0 Å². The third-order valence-corrected chi connectivity index (χ3v) is 3.03. The first-order valence-electron chi connectivity index (χ1n) is 6.59. The zero-order chi connectivity index (χ0) is 16.3. The lowest BCUT2D eigenvalue weighted by molar-refractivity contribution is 0.0509. The summed E-state index contributed by atoms with van der Waals surface area (Å²) >= 11 is 0. The predicted octanol–water partition coefficient (Wildman–Crippen LogP) is 2.99. The van der Waals surface area contributed by atoms with Gasteiger partial charge >= 0.3 is 5.97 Å². The van der Waals surface area contributed by atoms with Crippen LogP contribution in [0.2, 0.25) is 0 Å². The van der Waals surface area contributed by atoms with Crippen molar-refractivity contribution in [2.75, 3.05) is 6.61 Å². The number of halogens is 2. The Balaban J connectivity index is 2.35. The molecular weight excluding hydrogens is 294 g/mol. The Morgan fingerprint density at radius 3 is 2.59 bits per heavy atom. The lowest BCUT2D eigenvalue weighted by atomic mass is 10.2. The molecule has 7 heteroatoms. The van der Waals surface area contributed by atoms with Gasteiger partial charge in [0.2, 0.25) is 0 Å². The maximum atomic E-state index is 12.5. The molecule has 2 heterocycles. The Morgan fingerprint density at radius 2 is 2.05 bits per heavy atom. The Labute approximate surface area is 125 Å². The van der Waals surface area contributed by atoms with Crippen molar-refractivity contribution in [1.29, 1.82) is 0 Å². The summed E-state index contributed by atoms with van der Waals surface area (Å²) in [5.74, 6) is -1.15. The number of carbonyl (C=O) groups is 2. The normalized spacial score (nSPS) is 10.8. The number of carbonyl (C=O) groups excluding carboxylic acids is 2. The van der Waals surface area contributed by atoms with Gasteiger partial charge in [0, 0.05) is 12.4 Å². The highest BCUT2D eigenvalue weighted by Crippen LogP contribution is 2.18. The van der Waals surface area contributed by atoms with Crippen LogP contribution in [0.15, 0.2) is 30.6 Å². The number of hydrogen-bond acceptors (Lipinski definition) is 4. The van der Waals surface area contributed by atoms with Gasteiger partial charge in [0.25, 0.3) is 12.3 Å². The van der Waals surface area contributed by atoms with E-state index in [4.69, 9.17) is 4.74 Å². The van der Waals surface area contributed by atoms with Gasteiger partial charge in [0.1, 0.15) is 11.4 Å². The average Bonchev–Trinajstić information content (AvgIpc) is 2.88. The Kier molecular flexibility index (Phi) is 4.65. The number of rotatable bonds is 4. The fourth-order valence-corrected chi connectivity index (χ4v) is 1.96. The van der Waals surface area contributed by atoms with Crippen LogP contribution in [0, 0.1) is 6.92 Å². The van der Waals surface area contributed by atoms with Crippen LogP contribution in [0.1, 0.15) is 45.5 Å². The second-order valence-corrected chi connectivity index (χ2v) is 4.52. The molecule has 2 aromatic heterocycles. The molecule has 2 rings (SSSR count). The molecule has 2 aromatic rings. The summed E-state index contributed by atoms with van der Waals surface area (Å²) in [5, 5.41) is 0. The Bertz CT molecular complexity index is 693. The van der Waals surface area contributed by atoms with Crippen LogP contribution >= 0.6 is 0 Å². The molecule has 0 aliphatic rings. The molecular formula is C15H14F2N2O3. The molecule has 0 radical (unpaired) electrons. The number of pyridine rings is 1. The van der Waals surface area contributed by atoms with Crippen LogP contribution in [0.3, 0.4) is 0 Å². The Hall–Kier alpha value is -2.57. The molecule has 5 nitrogen and oxygen atoms in total. The lowest BCUT2D eigenvalue weighted by Gasteiger charge is -2.09. The van der Waals surface area contributed by atoms with E-state index in [2.05, 4.69) is 4.98 Å². The van der Waals surface area contributed by atoms with E-state index in [9.17, 15) is 18.4 Å². The molecule has 0 unspecified atom stereocenters. The van der Waals surface area contributed by atoms with E-state index >= 15 is 0 Å². The van der Waals surface area contributed by atoms with E-state index in [1.165, 1.54) is 12.3 Å². The molecule has 0 fully saturated rings. The van der Waals surface area contributed by atoms with Crippen LogP contribution in [-0.2, 0) is 4.74 Å². The largest absolute Gasteiger partial charge is 0.461 e. The maximum absolute atomic E-state index is 12.5. The first kappa shape index (κ1) is 15.8. The smallest absolute Gasteiger partial charge is 0.355 e. The highest BCUT2D eigenvalue weighted by Gasteiger charge is 2.21. The molecule has 22 heavy (non-hydrogen) atoms. The lowest BCUT2D eigenvalue weighted by Crippen LogP contribution is -2.19. The molecule has 0 amide bonds. The second kappa shape index (κ2) is 6.46. The number of alkyl halides is 2. The average molecular weight is 308 g/mol. The monoisotopic (exact) mass is 308 g/mol. The zero-order valence-electron chi connectivity index (χ0n) is 12.0. The third kappa shape index (κ3) is 3.03. The molecule has 0 aliphatic heterocycles. The van der Waals surface area contributed by atoms with Gasteiger partial charge in [-0.25, -0.2) is 13.6 Å². The van der Waals surface area contributed by atoms with Crippen molar-refractivity contribution in [1.82, 2.24) is 9.55 Å². The van der Waals surface area contributed by atoms with Crippen molar-refractivity contribution in [3.63, 3.8) is 0 Å². The third-order valence-electron chi connectivity index (χ3n) is 3.03. The first-order valence-corrected chi connectivity index (χ1v) is 6.59. The summed E-state index contributed by atoms with van der Waals surface area (Å²) in [6, 6.07) is 3.94. The molecule has 116 valence electrons. The minimum Gasteiger partial charge on any atom is -0.461 e. The number of ether oxygens (including phenoxy) is 1. The molecule has 0 atom stereocenters. The fourth-order valence-electron chi connectivity index (χ4n) is 1.96. The molecule has 0 spiro atoms. The number of aromatic nitrogens is 2. The van der Waals surface area contributed by atoms with E-state index in [1.807, 2.05) is 0 Å². The van der Waals surface area contributed by atoms with E-state index < -0.39 is 24.0 Å². The quantitative estimate of drug-likeness (QED) is 0.815. The fraction of sp³-hybridized carbons (Fsp3) is 0.267. The molecule has 0 bridgehead atoms. The first-order chi connectivity index (χ1) is 10.5. The molecule has 0 aliphatic carbocycles. The number of esters is 1. The predicted molar refractivity (Wildman–Crippen MR) is 74.0 cm³/mol.